The Hall–Kier alpha value is -1.73. The SMILES string of the molecule is CCN1c2ccccc2C=C(Cl)c2ccccc21. The van der Waals surface area contributed by atoms with E-state index in [-0.39, 0.29) is 0 Å². The number of hydrogen-bond donors (Lipinski definition) is 0. The maximum absolute atomic E-state index is 6.44. The van der Waals surface area contributed by atoms with Crippen LogP contribution in [0.15, 0.2) is 48.5 Å². The van der Waals surface area contributed by atoms with Gasteiger partial charge in [-0.2, -0.15) is 0 Å². The zero-order valence-electron chi connectivity index (χ0n) is 10.2. The van der Waals surface area contributed by atoms with E-state index in [2.05, 4.69) is 48.2 Å². The van der Waals surface area contributed by atoms with Crippen LogP contribution >= 0.6 is 11.6 Å². The molecule has 0 unspecified atom stereocenters. The van der Waals surface area contributed by atoms with Crippen molar-refractivity contribution in [1.82, 2.24) is 0 Å². The Bertz CT molecular complexity index is 616. The molecule has 0 N–H and O–H groups in total. The predicted octanol–water partition coefficient (Wildman–Crippen LogP) is 4.89. The first-order chi connectivity index (χ1) is 8.81. The molecular formula is C16H14ClN. The van der Waals surface area contributed by atoms with Crippen LogP contribution in [0.3, 0.4) is 0 Å². The lowest BCUT2D eigenvalue weighted by Crippen LogP contribution is -2.17. The van der Waals surface area contributed by atoms with Crippen molar-refractivity contribution in [3.05, 3.63) is 59.7 Å². The fourth-order valence-corrected chi connectivity index (χ4v) is 2.73. The van der Waals surface area contributed by atoms with E-state index in [0.717, 1.165) is 17.1 Å². The zero-order chi connectivity index (χ0) is 12.5. The van der Waals surface area contributed by atoms with Gasteiger partial charge in [0.1, 0.15) is 0 Å². The minimum Gasteiger partial charge on any atom is -0.341 e. The van der Waals surface area contributed by atoms with Gasteiger partial charge in [-0.25, -0.2) is 0 Å². The summed E-state index contributed by atoms with van der Waals surface area (Å²) in [6.45, 7) is 3.08. The second kappa shape index (κ2) is 4.51. The fourth-order valence-electron chi connectivity index (χ4n) is 2.45. The van der Waals surface area contributed by atoms with Crippen LogP contribution in [-0.4, -0.2) is 6.54 Å². The van der Waals surface area contributed by atoms with Gasteiger partial charge in [-0.3, -0.25) is 0 Å². The van der Waals surface area contributed by atoms with Crippen LogP contribution in [0.2, 0.25) is 0 Å². The molecule has 1 heterocycles. The molecule has 2 heteroatoms. The minimum atomic E-state index is 0.800. The van der Waals surface area contributed by atoms with Gasteiger partial charge in [-0.15, -0.1) is 0 Å². The summed E-state index contributed by atoms with van der Waals surface area (Å²) in [5.74, 6) is 0. The van der Waals surface area contributed by atoms with E-state index in [9.17, 15) is 0 Å². The second-order valence-corrected chi connectivity index (χ2v) is 4.72. The number of fused-ring (bicyclic) bond motifs is 2. The molecule has 0 bridgehead atoms. The molecule has 0 saturated carbocycles. The Morgan fingerprint density at radius 1 is 0.944 bits per heavy atom. The van der Waals surface area contributed by atoms with Crippen molar-refractivity contribution in [2.75, 3.05) is 11.4 Å². The second-order valence-electron chi connectivity index (χ2n) is 4.31. The highest BCUT2D eigenvalue weighted by Crippen LogP contribution is 2.40. The van der Waals surface area contributed by atoms with Gasteiger partial charge in [-0.05, 0) is 30.7 Å². The van der Waals surface area contributed by atoms with E-state index < -0.39 is 0 Å². The lowest BCUT2D eigenvalue weighted by atomic mass is 10.1. The highest BCUT2D eigenvalue weighted by Gasteiger charge is 2.18. The lowest BCUT2D eigenvalue weighted by Gasteiger charge is -2.25. The Labute approximate surface area is 112 Å². The Balaban J connectivity index is 2.31. The molecule has 90 valence electrons. The summed E-state index contributed by atoms with van der Waals surface area (Å²) in [4.78, 5) is 2.30. The van der Waals surface area contributed by atoms with Crippen molar-refractivity contribution < 1.29 is 0 Å². The van der Waals surface area contributed by atoms with E-state index in [1.165, 1.54) is 16.9 Å². The molecule has 0 radical (unpaired) electrons. The van der Waals surface area contributed by atoms with Gasteiger partial charge < -0.3 is 4.90 Å². The molecule has 0 aromatic heterocycles. The summed E-state index contributed by atoms with van der Waals surface area (Å²) in [5.41, 5.74) is 4.65. The van der Waals surface area contributed by atoms with Crippen LogP contribution in [-0.2, 0) is 0 Å². The number of anilines is 2. The molecule has 0 aliphatic carbocycles. The molecule has 2 aromatic rings. The summed E-state index contributed by atoms with van der Waals surface area (Å²) in [6, 6.07) is 16.6. The summed E-state index contributed by atoms with van der Waals surface area (Å²) < 4.78 is 0. The van der Waals surface area contributed by atoms with Crippen LogP contribution in [0.1, 0.15) is 18.1 Å². The van der Waals surface area contributed by atoms with Gasteiger partial charge in [0.05, 0.1) is 5.03 Å². The third kappa shape index (κ3) is 1.72. The van der Waals surface area contributed by atoms with Crippen LogP contribution in [0.5, 0.6) is 0 Å². The van der Waals surface area contributed by atoms with Crippen LogP contribution in [0.4, 0.5) is 11.4 Å². The number of benzene rings is 2. The number of rotatable bonds is 1. The van der Waals surface area contributed by atoms with Gasteiger partial charge in [0.15, 0.2) is 0 Å². The van der Waals surface area contributed by atoms with Crippen molar-refractivity contribution in [2.24, 2.45) is 0 Å². The summed E-state index contributed by atoms with van der Waals surface area (Å²) in [5, 5.41) is 0.800. The monoisotopic (exact) mass is 255 g/mol. The largest absolute Gasteiger partial charge is 0.341 e. The fraction of sp³-hybridized carbons (Fsp3) is 0.125. The zero-order valence-corrected chi connectivity index (χ0v) is 11.0. The molecule has 0 amide bonds. The molecule has 0 fully saturated rings. The molecule has 1 aliphatic heterocycles. The predicted molar refractivity (Wildman–Crippen MR) is 79.3 cm³/mol. The summed E-state index contributed by atoms with van der Waals surface area (Å²) in [6.07, 6.45) is 2.05. The Kier molecular flexibility index (Phi) is 2.85. The quantitative estimate of drug-likeness (QED) is 0.701. The minimum absolute atomic E-state index is 0.800. The van der Waals surface area contributed by atoms with Crippen LogP contribution in [0, 0.1) is 0 Å². The first-order valence-corrected chi connectivity index (χ1v) is 6.52. The molecule has 0 atom stereocenters. The maximum atomic E-state index is 6.44. The Morgan fingerprint density at radius 3 is 2.39 bits per heavy atom. The van der Waals surface area contributed by atoms with Crippen molar-refractivity contribution in [3.63, 3.8) is 0 Å². The topological polar surface area (TPSA) is 3.24 Å². The van der Waals surface area contributed by atoms with E-state index in [4.69, 9.17) is 11.6 Å². The average molecular weight is 256 g/mol. The summed E-state index contributed by atoms with van der Waals surface area (Å²) in [7, 11) is 0. The van der Waals surface area contributed by atoms with E-state index in [1.807, 2.05) is 18.2 Å². The Morgan fingerprint density at radius 2 is 1.61 bits per heavy atom. The van der Waals surface area contributed by atoms with Gasteiger partial charge in [-0.1, -0.05) is 48.0 Å². The molecule has 18 heavy (non-hydrogen) atoms. The lowest BCUT2D eigenvalue weighted by molar-refractivity contribution is 1.02. The molecule has 1 nitrogen and oxygen atoms in total. The van der Waals surface area contributed by atoms with Crippen molar-refractivity contribution in [2.45, 2.75) is 6.92 Å². The van der Waals surface area contributed by atoms with Crippen molar-refractivity contribution in [1.29, 1.82) is 0 Å². The van der Waals surface area contributed by atoms with Crippen LogP contribution in [0.25, 0.3) is 11.1 Å². The highest BCUT2D eigenvalue weighted by atomic mass is 35.5. The molecule has 2 aromatic carbocycles. The number of hydrogen-bond acceptors (Lipinski definition) is 1. The molecular weight excluding hydrogens is 242 g/mol. The third-order valence-electron chi connectivity index (χ3n) is 3.28. The van der Waals surface area contributed by atoms with Crippen molar-refractivity contribution in [3.8, 4) is 0 Å². The van der Waals surface area contributed by atoms with Crippen LogP contribution < -0.4 is 4.90 Å². The molecule has 1 aliphatic rings. The van der Waals surface area contributed by atoms with Crippen molar-refractivity contribution >= 4 is 34.1 Å². The van der Waals surface area contributed by atoms with E-state index >= 15 is 0 Å². The maximum Gasteiger partial charge on any atom is 0.0506 e. The normalized spacial score (nSPS) is 13.4. The first kappa shape index (κ1) is 11.4. The van der Waals surface area contributed by atoms with E-state index in [1.54, 1.807) is 0 Å². The molecule has 0 spiro atoms. The molecule has 3 rings (SSSR count). The number of nitrogens with zero attached hydrogens (tertiary/aromatic N) is 1. The number of halogens is 1. The standard InChI is InChI=1S/C16H14ClN/c1-2-18-15-9-5-3-7-12(15)11-14(17)13-8-4-6-10-16(13)18/h3-11H,2H2,1H3. The highest BCUT2D eigenvalue weighted by molar-refractivity contribution is 6.52. The van der Waals surface area contributed by atoms with Gasteiger partial charge >= 0.3 is 0 Å². The average Bonchev–Trinajstić information content (AvgIpc) is 2.53. The van der Waals surface area contributed by atoms with Gasteiger partial charge in [0, 0.05) is 23.5 Å². The first-order valence-electron chi connectivity index (χ1n) is 6.14. The smallest absolute Gasteiger partial charge is 0.0506 e. The van der Waals surface area contributed by atoms with Gasteiger partial charge in [0.2, 0.25) is 0 Å². The van der Waals surface area contributed by atoms with Gasteiger partial charge in [0.25, 0.3) is 0 Å². The third-order valence-corrected chi connectivity index (χ3v) is 3.59. The molecule has 0 saturated heterocycles. The summed E-state index contributed by atoms with van der Waals surface area (Å²) >= 11 is 6.44. The van der Waals surface area contributed by atoms with E-state index in [0.29, 0.717) is 0 Å². The number of para-hydroxylation sites is 2.